The van der Waals surface area contributed by atoms with E-state index in [1.807, 2.05) is 6.92 Å². The lowest BCUT2D eigenvalue weighted by molar-refractivity contribution is -0.146. The summed E-state index contributed by atoms with van der Waals surface area (Å²) in [6, 6.07) is 3.29. The van der Waals surface area contributed by atoms with Crippen LogP contribution >= 0.6 is 38.5 Å². The zero-order valence-electron chi connectivity index (χ0n) is 7.29. The standard InChI is InChI=1S/C9H8BrIO3/c1-4-2-5(8(12)9(13)14)3-6(10)7(4)11/h2-3,8,12H,1H3,(H,13,14). The average molecular weight is 371 g/mol. The fourth-order valence-electron chi connectivity index (χ4n) is 1.05. The first kappa shape index (κ1) is 11.9. The number of hydrogen-bond acceptors (Lipinski definition) is 2. The number of aliphatic carboxylic acids is 1. The van der Waals surface area contributed by atoms with Crippen molar-refractivity contribution in [1.82, 2.24) is 0 Å². The molecule has 2 N–H and O–H groups in total. The molecule has 0 aliphatic rings. The molecule has 0 saturated heterocycles. The third-order valence-corrected chi connectivity index (χ3v) is 4.58. The number of carboxylic acids is 1. The molecule has 1 unspecified atom stereocenters. The Morgan fingerprint density at radius 3 is 2.57 bits per heavy atom. The Hall–Kier alpha value is -0.140. The minimum Gasteiger partial charge on any atom is -0.479 e. The van der Waals surface area contributed by atoms with Gasteiger partial charge in [-0.1, -0.05) is 6.07 Å². The van der Waals surface area contributed by atoms with Crippen molar-refractivity contribution in [2.75, 3.05) is 0 Å². The molecule has 0 aliphatic carbocycles. The monoisotopic (exact) mass is 370 g/mol. The molecule has 76 valence electrons. The third kappa shape index (κ3) is 2.46. The Balaban J connectivity index is 3.19. The quantitative estimate of drug-likeness (QED) is 0.786. The van der Waals surface area contributed by atoms with Gasteiger partial charge in [-0.05, 0) is 62.6 Å². The van der Waals surface area contributed by atoms with Gasteiger partial charge in [-0.2, -0.15) is 0 Å². The van der Waals surface area contributed by atoms with Crippen molar-refractivity contribution in [2.24, 2.45) is 0 Å². The van der Waals surface area contributed by atoms with Crippen LogP contribution in [0, 0.1) is 10.5 Å². The Bertz CT molecular complexity index is 355. The number of halogens is 2. The minimum atomic E-state index is -1.46. The van der Waals surface area contributed by atoms with Gasteiger partial charge in [0.2, 0.25) is 0 Å². The van der Waals surface area contributed by atoms with Gasteiger partial charge >= 0.3 is 5.97 Å². The Morgan fingerprint density at radius 2 is 2.14 bits per heavy atom. The summed E-state index contributed by atoms with van der Waals surface area (Å²) in [4.78, 5) is 10.5. The lowest BCUT2D eigenvalue weighted by Gasteiger charge is -2.09. The van der Waals surface area contributed by atoms with E-state index in [0.717, 1.165) is 13.6 Å². The molecule has 14 heavy (non-hydrogen) atoms. The molecule has 0 amide bonds. The molecule has 0 saturated carbocycles. The first-order chi connectivity index (χ1) is 6.43. The summed E-state index contributed by atoms with van der Waals surface area (Å²) >= 11 is 5.45. The number of aliphatic hydroxyl groups is 1. The number of carboxylic acid groups (broad SMARTS) is 1. The van der Waals surface area contributed by atoms with Crippen LogP contribution in [0.3, 0.4) is 0 Å². The Morgan fingerprint density at radius 1 is 1.57 bits per heavy atom. The number of hydrogen-bond donors (Lipinski definition) is 2. The SMILES string of the molecule is Cc1cc(C(O)C(=O)O)cc(Br)c1I. The van der Waals surface area contributed by atoms with Crippen molar-refractivity contribution in [3.8, 4) is 0 Å². The molecule has 3 nitrogen and oxygen atoms in total. The molecular weight excluding hydrogens is 363 g/mol. The van der Waals surface area contributed by atoms with E-state index in [1.165, 1.54) is 0 Å². The van der Waals surface area contributed by atoms with Crippen LogP contribution in [-0.2, 0) is 4.79 Å². The highest BCUT2D eigenvalue weighted by atomic mass is 127. The summed E-state index contributed by atoms with van der Waals surface area (Å²) in [5.74, 6) is -1.24. The van der Waals surface area contributed by atoms with Gasteiger partial charge in [-0.15, -0.1) is 0 Å². The van der Waals surface area contributed by atoms with Gasteiger partial charge in [0.1, 0.15) is 0 Å². The van der Waals surface area contributed by atoms with Gasteiger partial charge in [-0.3, -0.25) is 0 Å². The fourth-order valence-corrected chi connectivity index (χ4v) is 1.94. The van der Waals surface area contributed by atoms with Crippen LogP contribution in [0.5, 0.6) is 0 Å². The molecule has 0 heterocycles. The minimum absolute atomic E-state index is 0.391. The normalized spacial score (nSPS) is 12.6. The van der Waals surface area contributed by atoms with Gasteiger partial charge in [0.15, 0.2) is 6.10 Å². The van der Waals surface area contributed by atoms with Crippen molar-refractivity contribution in [1.29, 1.82) is 0 Å². The van der Waals surface area contributed by atoms with Crippen LogP contribution in [0.1, 0.15) is 17.2 Å². The van der Waals surface area contributed by atoms with Gasteiger partial charge in [-0.25, -0.2) is 4.79 Å². The number of rotatable bonds is 2. The largest absolute Gasteiger partial charge is 0.479 e. The van der Waals surface area contributed by atoms with Gasteiger partial charge in [0.05, 0.1) is 0 Å². The maximum Gasteiger partial charge on any atom is 0.337 e. The second-order valence-corrected chi connectivity index (χ2v) is 4.81. The molecule has 1 rings (SSSR count). The molecule has 0 bridgehead atoms. The van der Waals surface area contributed by atoms with Crippen LogP contribution in [0.15, 0.2) is 16.6 Å². The maximum atomic E-state index is 10.5. The van der Waals surface area contributed by atoms with Crippen LogP contribution in [0.25, 0.3) is 0 Å². The second kappa shape index (κ2) is 4.59. The molecule has 1 aromatic carbocycles. The van der Waals surface area contributed by atoms with Gasteiger partial charge in [0, 0.05) is 8.04 Å². The highest BCUT2D eigenvalue weighted by Gasteiger charge is 2.17. The van der Waals surface area contributed by atoms with Crippen molar-refractivity contribution in [3.05, 3.63) is 31.3 Å². The molecule has 0 spiro atoms. The van der Waals surface area contributed by atoms with E-state index in [2.05, 4.69) is 38.5 Å². The van der Waals surface area contributed by atoms with E-state index in [-0.39, 0.29) is 0 Å². The highest BCUT2D eigenvalue weighted by molar-refractivity contribution is 14.1. The number of aryl methyl sites for hydroxylation is 1. The third-order valence-electron chi connectivity index (χ3n) is 1.78. The summed E-state index contributed by atoms with van der Waals surface area (Å²) in [5.41, 5.74) is 1.33. The van der Waals surface area contributed by atoms with Crippen molar-refractivity contribution in [3.63, 3.8) is 0 Å². The topological polar surface area (TPSA) is 57.5 Å². The van der Waals surface area contributed by atoms with E-state index in [4.69, 9.17) is 5.11 Å². The van der Waals surface area contributed by atoms with Crippen LogP contribution in [-0.4, -0.2) is 16.2 Å². The average Bonchev–Trinajstić information content (AvgIpc) is 2.12. The molecule has 0 fully saturated rings. The first-order valence-electron chi connectivity index (χ1n) is 3.80. The lowest BCUT2D eigenvalue weighted by Crippen LogP contribution is -2.10. The fraction of sp³-hybridized carbons (Fsp3) is 0.222. The lowest BCUT2D eigenvalue weighted by atomic mass is 10.1. The molecule has 0 radical (unpaired) electrons. The number of carbonyl (C=O) groups is 1. The van der Waals surface area contributed by atoms with E-state index >= 15 is 0 Å². The molecule has 0 aliphatic heterocycles. The van der Waals surface area contributed by atoms with Crippen molar-refractivity contribution >= 4 is 44.5 Å². The number of benzene rings is 1. The first-order valence-corrected chi connectivity index (χ1v) is 5.67. The molecule has 5 heteroatoms. The van der Waals surface area contributed by atoms with Crippen LogP contribution in [0.2, 0.25) is 0 Å². The molecule has 0 aromatic heterocycles. The summed E-state index contributed by atoms with van der Waals surface area (Å²) in [7, 11) is 0. The molecular formula is C9H8BrIO3. The predicted molar refractivity (Wildman–Crippen MR) is 64.2 cm³/mol. The molecule has 1 aromatic rings. The van der Waals surface area contributed by atoms with Crippen LogP contribution in [0.4, 0.5) is 0 Å². The summed E-state index contributed by atoms with van der Waals surface area (Å²) < 4.78 is 1.82. The van der Waals surface area contributed by atoms with E-state index < -0.39 is 12.1 Å². The van der Waals surface area contributed by atoms with Gasteiger partial charge < -0.3 is 10.2 Å². The van der Waals surface area contributed by atoms with Crippen molar-refractivity contribution < 1.29 is 15.0 Å². The molecule has 1 atom stereocenters. The van der Waals surface area contributed by atoms with Crippen LogP contribution < -0.4 is 0 Å². The highest BCUT2D eigenvalue weighted by Crippen LogP contribution is 2.27. The van der Waals surface area contributed by atoms with E-state index in [1.54, 1.807) is 12.1 Å². The van der Waals surface area contributed by atoms with E-state index in [0.29, 0.717) is 5.56 Å². The predicted octanol–water partition coefficient (Wildman–Crippen LogP) is 2.48. The zero-order chi connectivity index (χ0) is 10.9. The Kier molecular flexibility index (Phi) is 3.91. The summed E-state index contributed by atoms with van der Waals surface area (Å²) in [5, 5.41) is 17.9. The maximum absolute atomic E-state index is 10.5. The summed E-state index contributed by atoms with van der Waals surface area (Å²) in [6.07, 6.45) is -1.46. The Labute approximate surface area is 103 Å². The summed E-state index contributed by atoms with van der Waals surface area (Å²) in [6.45, 7) is 1.87. The zero-order valence-corrected chi connectivity index (χ0v) is 11.0. The van der Waals surface area contributed by atoms with Crippen molar-refractivity contribution in [2.45, 2.75) is 13.0 Å². The number of aliphatic hydroxyl groups excluding tert-OH is 1. The smallest absolute Gasteiger partial charge is 0.337 e. The van der Waals surface area contributed by atoms with E-state index in [9.17, 15) is 9.90 Å². The second-order valence-electron chi connectivity index (χ2n) is 2.87. The van der Waals surface area contributed by atoms with Gasteiger partial charge in [0.25, 0.3) is 0 Å².